The second-order valence-corrected chi connectivity index (χ2v) is 8.97. The molecule has 1 aliphatic rings. The Balaban J connectivity index is 1.82. The molecule has 0 saturated carbocycles. The van der Waals surface area contributed by atoms with Crippen molar-refractivity contribution in [3.63, 3.8) is 0 Å². The standard InChI is InChI=1S/C23H30N2O4/c1-14(2)15(3)24-22(27)20-10-8-17(29-20)12-25-18-11-16(23(4,5)6)7-9-19(18)28-13-21(25)26/h7-11,14-15H,12-13H2,1-6H3,(H,24,27). The van der Waals surface area contributed by atoms with Crippen LogP contribution in [0.2, 0.25) is 0 Å². The van der Waals surface area contributed by atoms with Crippen LogP contribution in [0.3, 0.4) is 0 Å². The molecule has 1 aromatic carbocycles. The topological polar surface area (TPSA) is 71.8 Å². The van der Waals surface area contributed by atoms with E-state index in [2.05, 4.69) is 26.1 Å². The SMILES string of the molecule is CC(C)C(C)NC(=O)c1ccc(CN2C(=O)COc3ccc(C(C)(C)C)cc32)o1. The van der Waals surface area contributed by atoms with Crippen molar-refractivity contribution in [1.82, 2.24) is 5.32 Å². The maximum absolute atomic E-state index is 12.6. The van der Waals surface area contributed by atoms with Gasteiger partial charge in [0.25, 0.3) is 11.8 Å². The van der Waals surface area contributed by atoms with Gasteiger partial charge in [0.2, 0.25) is 0 Å². The maximum atomic E-state index is 12.6. The second-order valence-electron chi connectivity index (χ2n) is 8.97. The van der Waals surface area contributed by atoms with E-state index in [0.29, 0.717) is 17.4 Å². The summed E-state index contributed by atoms with van der Waals surface area (Å²) in [4.78, 5) is 26.6. The number of rotatable bonds is 5. The second kappa shape index (κ2) is 7.93. The lowest BCUT2D eigenvalue weighted by molar-refractivity contribution is -0.121. The molecule has 2 heterocycles. The Morgan fingerprint density at radius 2 is 1.90 bits per heavy atom. The lowest BCUT2D eigenvalue weighted by Crippen LogP contribution is -2.38. The molecule has 6 heteroatoms. The molecular weight excluding hydrogens is 368 g/mol. The van der Waals surface area contributed by atoms with Crippen LogP contribution in [-0.2, 0) is 16.8 Å². The minimum Gasteiger partial charge on any atom is -0.482 e. The van der Waals surface area contributed by atoms with Crippen molar-refractivity contribution in [3.05, 3.63) is 47.4 Å². The zero-order valence-electron chi connectivity index (χ0n) is 18.0. The van der Waals surface area contributed by atoms with E-state index in [-0.39, 0.29) is 42.2 Å². The van der Waals surface area contributed by atoms with E-state index >= 15 is 0 Å². The summed E-state index contributed by atoms with van der Waals surface area (Å²) in [6, 6.07) is 9.36. The Kier molecular flexibility index (Phi) is 5.73. The first kappa shape index (κ1) is 21.0. The van der Waals surface area contributed by atoms with E-state index in [4.69, 9.17) is 9.15 Å². The molecule has 2 amide bonds. The van der Waals surface area contributed by atoms with Crippen LogP contribution in [0.4, 0.5) is 5.69 Å². The van der Waals surface area contributed by atoms with Crippen LogP contribution in [0.25, 0.3) is 0 Å². The van der Waals surface area contributed by atoms with E-state index in [1.165, 1.54) is 0 Å². The van der Waals surface area contributed by atoms with E-state index < -0.39 is 0 Å². The third-order valence-electron chi connectivity index (χ3n) is 5.33. The number of ether oxygens (including phenoxy) is 1. The number of amides is 2. The van der Waals surface area contributed by atoms with Gasteiger partial charge >= 0.3 is 0 Å². The predicted octanol–water partition coefficient (Wildman–Crippen LogP) is 4.28. The lowest BCUT2D eigenvalue weighted by Gasteiger charge is -2.31. The molecule has 0 radical (unpaired) electrons. The summed E-state index contributed by atoms with van der Waals surface area (Å²) >= 11 is 0. The van der Waals surface area contributed by atoms with Gasteiger partial charge in [-0.1, -0.05) is 40.7 Å². The van der Waals surface area contributed by atoms with Crippen LogP contribution < -0.4 is 15.0 Å². The van der Waals surface area contributed by atoms with Crippen LogP contribution in [0.15, 0.2) is 34.7 Å². The highest BCUT2D eigenvalue weighted by molar-refractivity contribution is 5.98. The summed E-state index contributed by atoms with van der Waals surface area (Å²) in [6.07, 6.45) is 0. The van der Waals surface area contributed by atoms with Gasteiger partial charge in [0.1, 0.15) is 11.5 Å². The number of nitrogens with zero attached hydrogens (tertiary/aromatic N) is 1. The normalized spacial score (nSPS) is 15.1. The molecule has 3 rings (SSSR count). The molecule has 0 spiro atoms. The molecule has 0 saturated heterocycles. The highest BCUT2D eigenvalue weighted by Crippen LogP contribution is 2.37. The van der Waals surface area contributed by atoms with Crippen molar-refractivity contribution in [2.24, 2.45) is 5.92 Å². The fourth-order valence-electron chi connectivity index (χ4n) is 3.03. The number of furan rings is 1. The Morgan fingerprint density at radius 1 is 1.17 bits per heavy atom. The molecule has 6 nitrogen and oxygen atoms in total. The summed E-state index contributed by atoms with van der Waals surface area (Å²) in [5, 5.41) is 2.93. The minimum absolute atomic E-state index is 0.0121. The third-order valence-corrected chi connectivity index (χ3v) is 5.33. The Hall–Kier alpha value is -2.76. The van der Waals surface area contributed by atoms with E-state index in [1.54, 1.807) is 17.0 Å². The van der Waals surface area contributed by atoms with Gasteiger partial charge in [-0.3, -0.25) is 14.5 Å². The summed E-state index contributed by atoms with van der Waals surface area (Å²) in [6.45, 7) is 12.7. The molecule has 0 aliphatic carbocycles. The number of carbonyl (C=O) groups is 2. The number of anilines is 1. The van der Waals surface area contributed by atoms with Gasteiger partial charge in [0, 0.05) is 6.04 Å². The summed E-state index contributed by atoms with van der Waals surface area (Å²) < 4.78 is 11.3. The zero-order chi connectivity index (χ0) is 21.3. The number of hydrogen-bond donors (Lipinski definition) is 1. The quantitative estimate of drug-likeness (QED) is 0.816. The number of hydrogen-bond acceptors (Lipinski definition) is 4. The predicted molar refractivity (Wildman–Crippen MR) is 112 cm³/mol. The van der Waals surface area contributed by atoms with Crippen molar-refractivity contribution < 1.29 is 18.7 Å². The average molecular weight is 399 g/mol. The molecule has 1 unspecified atom stereocenters. The summed E-state index contributed by atoms with van der Waals surface area (Å²) in [5.41, 5.74) is 1.79. The molecule has 1 N–H and O–H groups in total. The fourth-order valence-corrected chi connectivity index (χ4v) is 3.03. The van der Waals surface area contributed by atoms with Crippen LogP contribution in [0.5, 0.6) is 5.75 Å². The zero-order valence-corrected chi connectivity index (χ0v) is 18.0. The minimum atomic E-state index is -0.249. The van der Waals surface area contributed by atoms with Crippen LogP contribution in [-0.4, -0.2) is 24.5 Å². The first-order valence-corrected chi connectivity index (χ1v) is 10.0. The molecule has 0 fully saturated rings. The number of fused-ring (bicyclic) bond motifs is 1. The van der Waals surface area contributed by atoms with E-state index in [1.807, 2.05) is 39.0 Å². The molecule has 1 aromatic heterocycles. The molecule has 156 valence electrons. The smallest absolute Gasteiger partial charge is 0.287 e. The van der Waals surface area contributed by atoms with Crippen LogP contribution in [0, 0.1) is 5.92 Å². The third kappa shape index (κ3) is 4.63. The summed E-state index contributed by atoms with van der Waals surface area (Å²) in [5.74, 6) is 1.41. The van der Waals surface area contributed by atoms with Gasteiger partial charge < -0.3 is 14.5 Å². The van der Waals surface area contributed by atoms with Crippen molar-refractivity contribution in [2.75, 3.05) is 11.5 Å². The first-order chi connectivity index (χ1) is 13.6. The van der Waals surface area contributed by atoms with Gasteiger partial charge in [-0.2, -0.15) is 0 Å². The maximum Gasteiger partial charge on any atom is 0.287 e. The monoisotopic (exact) mass is 398 g/mol. The number of nitrogens with one attached hydrogen (secondary N) is 1. The van der Waals surface area contributed by atoms with Gasteiger partial charge in [0.15, 0.2) is 12.4 Å². The lowest BCUT2D eigenvalue weighted by atomic mass is 9.86. The van der Waals surface area contributed by atoms with Crippen LogP contribution >= 0.6 is 0 Å². The highest BCUT2D eigenvalue weighted by atomic mass is 16.5. The molecule has 29 heavy (non-hydrogen) atoms. The van der Waals surface area contributed by atoms with Gasteiger partial charge in [-0.15, -0.1) is 0 Å². The van der Waals surface area contributed by atoms with Crippen molar-refractivity contribution in [2.45, 2.75) is 59.5 Å². The largest absolute Gasteiger partial charge is 0.482 e. The Morgan fingerprint density at radius 3 is 2.55 bits per heavy atom. The van der Waals surface area contributed by atoms with E-state index in [0.717, 1.165) is 11.3 Å². The van der Waals surface area contributed by atoms with Crippen molar-refractivity contribution >= 4 is 17.5 Å². The first-order valence-electron chi connectivity index (χ1n) is 10.0. The molecule has 2 aromatic rings. The van der Waals surface area contributed by atoms with Gasteiger partial charge in [-0.25, -0.2) is 0 Å². The highest BCUT2D eigenvalue weighted by Gasteiger charge is 2.28. The molecule has 1 atom stereocenters. The number of carbonyl (C=O) groups excluding carboxylic acids is 2. The fraction of sp³-hybridized carbons (Fsp3) is 0.478. The molecular formula is C23H30N2O4. The van der Waals surface area contributed by atoms with Gasteiger partial charge in [-0.05, 0) is 48.1 Å². The van der Waals surface area contributed by atoms with E-state index in [9.17, 15) is 9.59 Å². The summed E-state index contributed by atoms with van der Waals surface area (Å²) in [7, 11) is 0. The molecule has 0 bridgehead atoms. The molecule has 1 aliphatic heterocycles. The number of benzene rings is 1. The van der Waals surface area contributed by atoms with Crippen molar-refractivity contribution in [3.8, 4) is 5.75 Å². The van der Waals surface area contributed by atoms with Gasteiger partial charge in [0.05, 0.1) is 12.2 Å². The van der Waals surface area contributed by atoms with Crippen LogP contribution in [0.1, 0.15) is 63.4 Å². The van der Waals surface area contributed by atoms with Crippen molar-refractivity contribution in [1.29, 1.82) is 0 Å². The Bertz CT molecular complexity index is 908. The Labute approximate surface area is 172 Å². The average Bonchev–Trinajstić information content (AvgIpc) is 3.11.